The van der Waals surface area contributed by atoms with Crippen molar-refractivity contribution in [2.45, 2.75) is 50.7 Å². The zero-order valence-corrected chi connectivity index (χ0v) is 11.1. The maximum atomic E-state index is 11.4. The van der Waals surface area contributed by atoms with Gasteiger partial charge in [-0.3, -0.25) is 0 Å². The smallest absolute Gasteiger partial charge is 0.408 e. The van der Waals surface area contributed by atoms with Gasteiger partial charge in [0.05, 0.1) is 6.61 Å². The third-order valence-corrected chi connectivity index (χ3v) is 2.13. The third kappa shape index (κ3) is 6.48. The number of aliphatic hydroxyl groups is 4. The topological polar surface area (TPSA) is 136 Å². The van der Waals surface area contributed by atoms with Crippen molar-refractivity contribution in [2.75, 3.05) is 6.61 Å². The van der Waals surface area contributed by atoms with Crippen LogP contribution in [0, 0.1) is 0 Å². The highest BCUT2D eigenvalue weighted by atomic mass is 16.6. The second-order valence-electron chi connectivity index (χ2n) is 5.04. The third-order valence-electron chi connectivity index (χ3n) is 2.13. The van der Waals surface area contributed by atoms with Crippen molar-refractivity contribution in [1.82, 2.24) is 5.32 Å². The first-order valence-electron chi connectivity index (χ1n) is 5.72. The van der Waals surface area contributed by atoms with Gasteiger partial charge in [-0.15, -0.1) is 0 Å². The number of hydrogen-bond acceptors (Lipinski definition) is 7. The van der Waals surface area contributed by atoms with Crippen LogP contribution < -0.4 is 5.32 Å². The average Bonchev–Trinajstić information content (AvgIpc) is 2.30. The van der Waals surface area contributed by atoms with Crippen LogP contribution in [0.15, 0.2) is 0 Å². The van der Waals surface area contributed by atoms with E-state index in [9.17, 15) is 19.8 Å². The van der Waals surface area contributed by atoms with E-state index in [0.29, 0.717) is 0 Å². The predicted molar refractivity (Wildman–Crippen MR) is 64.3 cm³/mol. The van der Waals surface area contributed by atoms with Gasteiger partial charge in [0.25, 0.3) is 0 Å². The molecular weight excluding hydrogens is 258 g/mol. The summed E-state index contributed by atoms with van der Waals surface area (Å²) < 4.78 is 4.87. The molecule has 0 aromatic carbocycles. The van der Waals surface area contributed by atoms with Crippen LogP contribution in [0.25, 0.3) is 0 Å². The van der Waals surface area contributed by atoms with Crippen LogP contribution in [-0.4, -0.2) is 69.4 Å². The van der Waals surface area contributed by atoms with E-state index in [1.807, 2.05) is 0 Å². The predicted octanol–water partition coefficient (Wildman–Crippen LogP) is -1.85. The maximum absolute atomic E-state index is 11.4. The average molecular weight is 279 g/mol. The molecule has 8 nitrogen and oxygen atoms in total. The molecule has 0 rings (SSSR count). The van der Waals surface area contributed by atoms with Gasteiger partial charge in [-0.1, -0.05) is 0 Å². The van der Waals surface area contributed by atoms with E-state index < -0.39 is 42.7 Å². The van der Waals surface area contributed by atoms with Gasteiger partial charge in [0.2, 0.25) is 0 Å². The van der Waals surface area contributed by atoms with E-state index in [1.165, 1.54) is 0 Å². The molecule has 0 radical (unpaired) electrons. The summed E-state index contributed by atoms with van der Waals surface area (Å²) in [4.78, 5) is 22.2. The summed E-state index contributed by atoms with van der Waals surface area (Å²) in [6, 6.07) is -1.47. The monoisotopic (exact) mass is 279 g/mol. The van der Waals surface area contributed by atoms with Crippen molar-refractivity contribution in [3.8, 4) is 0 Å². The molecular formula is C11H21NO7. The number of aliphatic hydroxyl groups excluding tert-OH is 4. The van der Waals surface area contributed by atoms with Gasteiger partial charge in [0.1, 0.15) is 36.2 Å². The number of hydrogen-bond donors (Lipinski definition) is 5. The molecule has 0 aromatic rings. The molecule has 0 aliphatic heterocycles. The summed E-state index contributed by atoms with van der Waals surface area (Å²) in [6.07, 6.45) is -5.93. The summed E-state index contributed by atoms with van der Waals surface area (Å²) in [7, 11) is 0. The fourth-order valence-electron chi connectivity index (χ4n) is 1.19. The quantitative estimate of drug-likeness (QED) is 0.360. The number of rotatable bonds is 6. The van der Waals surface area contributed by atoms with Crippen LogP contribution >= 0.6 is 0 Å². The first-order chi connectivity index (χ1) is 8.62. The lowest BCUT2D eigenvalue weighted by Gasteiger charge is -2.27. The Kier molecular flexibility index (Phi) is 6.91. The minimum atomic E-state index is -1.78. The summed E-state index contributed by atoms with van der Waals surface area (Å²) in [6.45, 7) is 4.05. The second kappa shape index (κ2) is 7.39. The van der Waals surface area contributed by atoms with Crippen molar-refractivity contribution >= 4 is 12.4 Å². The first kappa shape index (κ1) is 17.8. The highest BCUT2D eigenvalue weighted by Crippen LogP contribution is 2.08. The number of nitrogens with one attached hydrogen (secondary N) is 1. The van der Waals surface area contributed by atoms with E-state index in [1.54, 1.807) is 20.8 Å². The highest BCUT2D eigenvalue weighted by molar-refractivity contribution is 5.73. The molecule has 0 unspecified atom stereocenters. The molecule has 19 heavy (non-hydrogen) atoms. The number of amides is 1. The summed E-state index contributed by atoms with van der Waals surface area (Å²) >= 11 is 0. The van der Waals surface area contributed by atoms with Crippen molar-refractivity contribution in [1.29, 1.82) is 0 Å². The van der Waals surface area contributed by atoms with Crippen LogP contribution in [0.1, 0.15) is 20.8 Å². The molecule has 8 heteroatoms. The molecule has 4 atom stereocenters. The maximum Gasteiger partial charge on any atom is 0.408 e. The Morgan fingerprint density at radius 3 is 2.16 bits per heavy atom. The van der Waals surface area contributed by atoms with Gasteiger partial charge >= 0.3 is 6.09 Å². The van der Waals surface area contributed by atoms with Gasteiger partial charge in [-0.2, -0.15) is 0 Å². The Balaban J connectivity index is 4.58. The lowest BCUT2D eigenvalue weighted by molar-refractivity contribution is -0.120. The normalized spacial score (nSPS) is 18.1. The zero-order valence-electron chi connectivity index (χ0n) is 11.1. The van der Waals surface area contributed by atoms with Gasteiger partial charge in [0.15, 0.2) is 0 Å². The molecule has 112 valence electrons. The Morgan fingerprint density at radius 2 is 1.79 bits per heavy atom. The molecule has 0 aliphatic carbocycles. The molecule has 1 amide bonds. The fourth-order valence-corrected chi connectivity index (χ4v) is 1.19. The minimum absolute atomic E-state index is 0.196. The molecule has 0 fully saturated rings. The van der Waals surface area contributed by atoms with Gasteiger partial charge in [-0.05, 0) is 20.8 Å². The molecule has 0 bridgehead atoms. The van der Waals surface area contributed by atoms with Crippen LogP contribution in [-0.2, 0) is 9.53 Å². The van der Waals surface area contributed by atoms with Crippen molar-refractivity contribution in [3.05, 3.63) is 0 Å². The van der Waals surface area contributed by atoms with E-state index >= 15 is 0 Å². The lowest BCUT2D eigenvalue weighted by atomic mass is 10.0. The van der Waals surface area contributed by atoms with Gasteiger partial charge in [0, 0.05) is 0 Å². The molecule has 0 heterocycles. The van der Waals surface area contributed by atoms with Gasteiger partial charge < -0.3 is 35.3 Å². The van der Waals surface area contributed by atoms with Crippen LogP contribution in [0.3, 0.4) is 0 Å². The second-order valence-corrected chi connectivity index (χ2v) is 5.04. The summed E-state index contributed by atoms with van der Waals surface area (Å²) in [5, 5.41) is 38.8. The minimum Gasteiger partial charge on any atom is -0.444 e. The fraction of sp³-hybridized carbons (Fsp3) is 0.818. The zero-order chi connectivity index (χ0) is 15.2. The van der Waals surface area contributed by atoms with Crippen LogP contribution in [0.2, 0.25) is 0 Å². The summed E-state index contributed by atoms with van der Waals surface area (Å²) in [5.41, 5.74) is -0.786. The largest absolute Gasteiger partial charge is 0.444 e. The standard InChI is InChI=1S/C11H21NO7/c1-11(2,3)19-10(18)12-6(4-13)8(16)9(17)7(15)5-14/h4,6-9,14-17H,5H2,1-3H3,(H,12,18)/t6-,7-,8-,9-/m1/s1. The van der Waals surface area contributed by atoms with E-state index in [0.717, 1.165) is 0 Å². The number of ether oxygens (including phenoxy) is 1. The Hall–Kier alpha value is -1.22. The van der Waals surface area contributed by atoms with E-state index in [2.05, 4.69) is 5.32 Å². The first-order valence-corrected chi connectivity index (χ1v) is 5.72. The number of carbonyl (C=O) groups excluding carboxylic acids is 2. The number of alkyl carbamates (subject to hydrolysis) is 1. The molecule has 0 saturated carbocycles. The molecule has 5 N–H and O–H groups in total. The van der Waals surface area contributed by atoms with Crippen LogP contribution in [0.4, 0.5) is 4.79 Å². The van der Waals surface area contributed by atoms with Crippen molar-refractivity contribution < 1.29 is 34.8 Å². The molecule has 0 spiro atoms. The van der Waals surface area contributed by atoms with Gasteiger partial charge in [-0.25, -0.2) is 4.79 Å². The lowest BCUT2D eigenvalue weighted by Crippen LogP contribution is -2.54. The molecule has 0 aliphatic rings. The SMILES string of the molecule is CC(C)(C)OC(=O)N[C@H](C=O)[C@@H](O)[C@H](O)[C@H](O)CO. The Labute approximate surface area is 111 Å². The van der Waals surface area contributed by atoms with E-state index in [4.69, 9.17) is 14.9 Å². The van der Waals surface area contributed by atoms with Crippen molar-refractivity contribution in [2.24, 2.45) is 0 Å². The Morgan fingerprint density at radius 1 is 1.26 bits per heavy atom. The summed E-state index contributed by atoms with van der Waals surface area (Å²) in [5.74, 6) is 0. The molecule has 0 saturated heterocycles. The van der Waals surface area contributed by atoms with Crippen molar-refractivity contribution in [3.63, 3.8) is 0 Å². The van der Waals surface area contributed by atoms with E-state index in [-0.39, 0.29) is 6.29 Å². The molecule has 0 aromatic heterocycles. The Bertz CT molecular complexity index is 302. The number of carbonyl (C=O) groups is 2. The number of aldehydes is 1. The van der Waals surface area contributed by atoms with Crippen LogP contribution in [0.5, 0.6) is 0 Å². The highest BCUT2D eigenvalue weighted by Gasteiger charge is 2.32.